The third kappa shape index (κ3) is 5.34. The smallest absolute Gasteiger partial charge is 0.247 e. The van der Waals surface area contributed by atoms with E-state index in [1.165, 1.54) is 6.08 Å². The molecular formula is C15H21N3O3S. The Morgan fingerprint density at radius 3 is 2.64 bits per heavy atom. The number of ether oxygens (including phenoxy) is 1. The monoisotopic (exact) mass is 323 g/mol. The fourth-order valence-corrected chi connectivity index (χ4v) is 2.89. The first-order chi connectivity index (χ1) is 10.7. The fraction of sp³-hybridized carbons (Fsp3) is 0.400. The van der Waals surface area contributed by atoms with Gasteiger partial charge in [-0.15, -0.1) is 0 Å². The number of rotatable bonds is 7. The number of nitrogens with zero attached hydrogens (tertiary/aromatic N) is 1. The van der Waals surface area contributed by atoms with Crippen LogP contribution in [0.15, 0.2) is 41.8 Å². The minimum Gasteiger partial charge on any atom is -0.379 e. The Hall–Kier alpha value is -1.54. The van der Waals surface area contributed by atoms with E-state index in [-0.39, 0.29) is 5.91 Å². The molecule has 1 aromatic rings. The van der Waals surface area contributed by atoms with E-state index >= 15 is 0 Å². The summed E-state index contributed by atoms with van der Waals surface area (Å²) in [4.78, 5) is 14.1. The standard InChI is InChI=1S/C15H21N3O3S/c1-2-15(19)17-13-3-5-14(6-4-13)22(20)16-7-8-18-9-11-21-12-10-18/h2-6,16H,1,7-12H2,(H,17,19). The van der Waals surface area contributed by atoms with Crippen molar-refractivity contribution in [3.8, 4) is 0 Å². The summed E-state index contributed by atoms with van der Waals surface area (Å²) in [6.45, 7) is 8.27. The Balaban J connectivity index is 1.76. The van der Waals surface area contributed by atoms with Crippen molar-refractivity contribution in [2.24, 2.45) is 0 Å². The SMILES string of the molecule is C=CC(=O)Nc1ccc(S(=O)NCCN2CCOCC2)cc1. The van der Waals surface area contributed by atoms with Crippen LogP contribution in [0.5, 0.6) is 0 Å². The summed E-state index contributed by atoms with van der Waals surface area (Å²) in [5.41, 5.74) is 0.652. The second kappa shape index (κ2) is 8.79. The molecule has 0 aromatic heterocycles. The molecule has 0 bridgehead atoms. The van der Waals surface area contributed by atoms with Crippen LogP contribution >= 0.6 is 0 Å². The molecule has 2 N–H and O–H groups in total. The third-order valence-electron chi connectivity index (χ3n) is 3.29. The van der Waals surface area contributed by atoms with E-state index in [0.29, 0.717) is 17.1 Å². The fourth-order valence-electron chi connectivity index (χ4n) is 2.06. The molecular weight excluding hydrogens is 302 g/mol. The quantitative estimate of drug-likeness (QED) is 0.727. The molecule has 120 valence electrons. The van der Waals surface area contributed by atoms with Crippen molar-refractivity contribution in [3.63, 3.8) is 0 Å². The zero-order valence-electron chi connectivity index (χ0n) is 12.4. The van der Waals surface area contributed by atoms with Crippen LogP contribution in [0, 0.1) is 0 Å². The lowest BCUT2D eigenvalue weighted by Crippen LogP contribution is -2.40. The summed E-state index contributed by atoms with van der Waals surface area (Å²) in [6, 6.07) is 6.91. The molecule has 1 aliphatic rings. The van der Waals surface area contributed by atoms with Gasteiger partial charge in [-0.3, -0.25) is 9.69 Å². The first-order valence-electron chi connectivity index (χ1n) is 7.18. The molecule has 1 aliphatic heterocycles. The largest absolute Gasteiger partial charge is 0.379 e. The van der Waals surface area contributed by atoms with Crippen LogP contribution in [0.4, 0.5) is 5.69 Å². The van der Waals surface area contributed by atoms with Crippen LogP contribution in [0.3, 0.4) is 0 Å². The van der Waals surface area contributed by atoms with E-state index in [1.54, 1.807) is 24.3 Å². The van der Waals surface area contributed by atoms with Crippen LogP contribution < -0.4 is 10.0 Å². The molecule has 0 saturated carbocycles. The number of anilines is 1. The molecule has 0 aliphatic carbocycles. The highest BCUT2D eigenvalue weighted by Crippen LogP contribution is 2.11. The topological polar surface area (TPSA) is 70.7 Å². The Kier molecular flexibility index (Phi) is 6.73. The number of carbonyl (C=O) groups is 1. The maximum Gasteiger partial charge on any atom is 0.247 e. The third-order valence-corrected chi connectivity index (χ3v) is 4.45. The van der Waals surface area contributed by atoms with Crippen molar-refractivity contribution in [1.29, 1.82) is 0 Å². The molecule has 6 nitrogen and oxygen atoms in total. The summed E-state index contributed by atoms with van der Waals surface area (Å²) in [6.07, 6.45) is 1.21. The van der Waals surface area contributed by atoms with Crippen LogP contribution in [0.1, 0.15) is 0 Å². The van der Waals surface area contributed by atoms with Gasteiger partial charge in [0, 0.05) is 31.9 Å². The number of benzene rings is 1. The maximum absolute atomic E-state index is 12.1. The summed E-state index contributed by atoms with van der Waals surface area (Å²) in [5.74, 6) is -0.266. The minimum absolute atomic E-state index is 0.266. The van der Waals surface area contributed by atoms with Crippen molar-refractivity contribution in [1.82, 2.24) is 9.62 Å². The Bertz CT molecular complexity index is 527. The predicted octanol–water partition coefficient (Wildman–Crippen LogP) is 0.755. The van der Waals surface area contributed by atoms with Gasteiger partial charge in [-0.05, 0) is 30.3 Å². The lowest BCUT2D eigenvalue weighted by molar-refractivity contribution is -0.111. The number of hydrogen-bond donors (Lipinski definition) is 2. The summed E-state index contributed by atoms with van der Waals surface area (Å²) in [7, 11) is -1.25. The zero-order chi connectivity index (χ0) is 15.8. The van der Waals surface area contributed by atoms with Gasteiger partial charge in [0.15, 0.2) is 0 Å². The van der Waals surface area contributed by atoms with Gasteiger partial charge in [-0.2, -0.15) is 0 Å². The van der Waals surface area contributed by atoms with E-state index in [1.807, 2.05) is 0 Å². The van der Waals surface area contributed by atoms with Gasteiger partial charge in [-0.25, -0.2) is 8.93 Å². The number of amides is 1. The summed E-state index contributed by atoms with van der Waals surface area (Å²) < 4.78 is 20.4. The van der Waals surface area contributed by atoms with E-state index in [2.05, 4.69) is 21.5 Å². The number of hydrogen-bond acceptors (Lipinski definition) is 4. The molecule has 1 atom stereocenters. The van der Waals surface area contributed by atoms with Crippen molar-refractivity contribution < 1.29 is 13.7 Å². The van der Waals surface area contributed by atoms with Gasteiger partial charge in [0.25, 0.3) is 0 Å². The highest BCUT2D eigenvalue weighted by atomic mass is 32.2. The first kappa shape index (κ1) is 16.8. The second-order valence-electron chi connectivity index (χ2n) is 4.83. The molecule has 1 amide bonds. The van der Waals surface area contributed by atoms with Crippen LogP contribution in [-0.4, -0.2) is 54.4 Å². The van der Waals surface area contributed by atoms with Crippen molar-refractivity contribution in [2.75, 3.05) is 44.7 Å². The minimum atomic E-state index is -1.25. The Morgan fingerprint density at radius 1 is 1.32 bits per heavy atom. The van der Waals surface area contributed by atoms with Gasteiger partial charge in [-0.1, -0.05) is 6.58 Å². The van der Waals surface area contributed by atoms with Gasteiger partial charge in [0.2, 0.25) is 5.91 Å². The van der Waals surface area contributed by atoms with E-state index in [9.17, 15) is 9.00 Å². The number of carbonyl (C=O) groups excluding carboxylic acids is 1. The lowest BCUT2D eigenvalue weighted by atomic mass is 10.3. The number of nitrogens with one attached hydrogen (secondary N) is 2. The average molecular weight is 323 g/mol. The molecule has 0 spiro atoms. The second-order valence-corrected chi connectivity index (χ2v) is 6.13. The molecule has 1 unspecified atom stereocenters. The predicted molar refractivity (Wildman–Crippen MR) is 86.9 cm³/mol. The Labute approximate surface area is 133 Å². The zero-order valence-corrected chi connectivity index (χ0v) is 13.2. The summed E-state index contributed by atoms with van der Waals surface area (Å²) >= 11 is 0. The van der Waals surface area contributed by atoms with Crippen molar-refractivity contribution >= 4 is 22.6 Å². The Morgan fingerprint density at radius 2 is 2.00 bits per heavy atom. The van der Waals surface area contributed by atoms with E-state index in [4.69, 9.17) is 4.74 Å². The first-order valence-corrected chi connectivity index (χ1v) is 8.33. The molecule has 7 heteroatoms. The van der Waals surface area contributed by atoms with Gasteiger partial charge >= 0.3 is 0 Å². The molecule has 1 fully saturated rings. The van der Waals surface area contributed by atoms with Crippen LogP contribution in [-0.2, 0) is 20.5 Å². The molecule has 22 heavy (non-hydrogen) atoms. The number of morpholine rings is 1. The van der Waals surface area contributed by atoms with Crippen molar-refractivity contribution in [3.05, 3.63) is 36.9 Å². The highest BCUT2D eigenvalue weighted by Gasteiger charge is 2.10. The van der Waals surface area contributed by atoms with Gasteiger partial charge in [0.05, 0.1) is 18.1 Å². The highest BCUT2D eigenvalue weighted by molar-refractivity contribution is 7.83. The summed E-state index contributed by atoms with van der Waals surface area (Å²) in [5, 5.41) is 2.65. The normalized spacial score (nSPS) is 16.9. The molecule has 1 heterocycles. The lowest BCUT2D eigenvalue weighted by Gasteiger charge is -2.26. The van der Waals surface area contributed by atoms with Crippen molar-refractivity contribution in [2.45, 2.75) is 4.90 Å². The maximum atomic E-state index is 12.1. The van der Waals surface area contributed by atoms with Gasteiger partial charge in [0.1, 0.15) is 11.0 Å². The van der Waals surface area contributed by atoms with Crippen LogP contribution in [0.2, 0.25) is 0 Å². The molecule has 1 saturated heterocycles. The molecule has 0 radical (unpaired) electrons. The molecule has 1 aromatic carbocycles. The van der Waals surface area contributed by atoms with E-state index < -0.39 is 11.0 Å². The van der Waals surface area contributed by atoms with Crippen LogP contribution in [0.25, 0.3) is 0 Å². The van der Waals surface area contributed by atoms with E-state index in [0.717, 1.165) is 32.8 Å². The average Bonchev–Trinajstić information content (AvgIpc) is 2.56. The molecule has 2 rings (SSSR count). The van der Waals surface area contributed by atoms with Gasteiger partial charge < -0.3 is 10.1 Å².